The monoisotopic (exact) mass is 400 g/mol. The zero-order chi connectivity index (χ0) is 21.4. The number of rotatable bonds is 9. The van der Waals surface area contributed by atoms with Crippen LogP contribution in [-0.2, 0) is 22.6 Å². The Morgan fingerprint density at radius 2 is 1.55 bits per heavy atom. The zero-order valence-electron chi connectivity index (χ0n) is 17.5. The lowest BCUT2D eigenvalue weighted by Gasteiger charge is -2.28. The fourth-order valence-corrected chi connectivity index (χ4v) is 2.99. The van der Waals surface area contributed by atoms with Crippen LogP contribution < -0.4 is 19.5 Å². The minimum atomic E-state index is -0.616. The van der Waals surface area contributed by atoms with Gasteiger partial charge in [0.15, 0.2) is 11.5 Å². The van der Waals surface area contributed by atoms with Gasteiger partial charge in [0.1, 0.15) is 11.8 Å². The Labute approximate surface area is 171 Å². The molecule has 0 aliphatic carbocycles. The van der Waals surface area contributed by atoms with Gasteiger partial charge < -0.3 is 24.4 Å². The highest BCUT2D eigenvalue weighted by molar-refractivity contribution is 5.88. The molecule has 1 N–H and O–H groups in total. The van der Waals surface area contributed by atoms with Crippen LogP contribution in [0.5, 0.6) is 17.2 Å². The molecule has 1 atom stereocenters. The molecule has 7 heteroatoms. The quantitative estimate of drug-likeness (QED) is 0.700. The van der Waals surface area contributed by atoms with Gasteiger partial charge in [0.05, 0.1) is 27.8 Å². The normalized spacial score (nSPS) is 11.3. The van der Waals surface area contributed by atoms with Crippen LogP contribution in [0.25, 0.3) is 0 Å². The number of nitrogens with one attached hydrogen (secondary N) is 1. The summed E-state index contributed by atoms with van der Waals surface area (Å²) in [7, 11) is 6.27. The molecule has 0 bridgehead atoms. The van der Waals surface area contributed by atoms with E-state index in [1.165, 1.54) is 0 Å². The molecule has 0 saturated heterocycles. The molecule has 2 aromatic rings. The van der Waals surface area contributed by atoms with E-state index in [1.807, 2.05) is 30.3 Å². The Bertz CT molecular complexity index is 836. The number of ether oxygens (including phenoxy) is 3. The van der Waals surface area contributed by atoms with Crippen LogP contribution in [0, 0.1) is 0 Å². The first-order valence-electron chi connectivity index (χ1n) is 9.28. The number of likely N-dealkylation sites (N-methyl/N-ethyl adjacent to an activating group) is 1. The highest BCUT2D eigenvalue weighted by Gasteiger charge is 2.25. The van der Waals surface area contributed by atoms with Crippen molar-refractivity contribution in [2.75, 3.05) is 28.4 Å². The Morgan fingerprint density at radius 1 is 0.931 bits per heavy atom. The van der Waals surface area contributed by atoms with Crippen LogP contribution in [0.4, 0.5) is 0 Å². The third-order valence-electron chi connectivity index (χ3n) is 4.73. The van der Waals surface area contributed by atoms with E-state index in [2.05, 4.69) is 5.32 Å². The van der Waals surface area contributed by atoms with Gasteiger partial charge in [-0.1, -0.05) is 18.2 Å². The number of benzene rings is 2. The molecule has 29 heavy (non-hydrogen) atoms. The number of hydrogen-bond donors (Lipinski definition) is 1. The maximum Gasteiger partial charge on any atom is 0.242 e. The predicted octanol–water partition coefficient (Wildman–Crippen LogP) is 2.42. The average Bonchev–Trinajstić information content (AvgIpc) is 2.76. The maximum atomic E-state index is 13.1. The van der Waals surface area contributed by atoms with Crippen LogP contribution in [0.15, 0.2) is 42.5 Å². The van der Waals surface area contributed by atoms with E-state index in [0.717, 1.165) is 16.9 Å². The molecule has 0 spiro atoms. The number of nitrogens with zero attached hydrogens (tertiary/aromatic N) is 1. The van der Waals surface area contributed by atoms with E-state index in [0.29, 0.717) is 18.0 Å². The molecule has 0 fully saturated rings. The molecule has 0 unspecified atom stereocenters. The number of methoxy groups -OCH3 is 3. The topological polar surface area (TPSA) is 77.1 Å². The lowest BCUT2D eigenvalue weighted by Crippen LogP contribution is -2.47. The first-order chi connectivity index (χ1) is 13.9. The van der Waals surface area contributed by atoms with E-state index in [-0.39, 0.29) is 18.2 Å². The van der Waals surface area contributed by atoms with Crippen molar-refractivity contribution in [3.05, 3.63) is 53.6 Å². The number of amides is 2. The summed E-state index contributed by atoms with van der Waals surface area (Å²) in [5, 5.41) is 2.61. The third-order valence-corrected chi connectivity index (χ3v) is 4.73. The standard InChI is InChI=1S/C22H28N2O5/c1-15(22(26)23-2)24(14-16-6-9-18(27-3)10-7-16)21(25)13-17-8-11-19(28-4)20(12-17)29-5/h6-12,15H,13-14H2,1-5H3,(H,23,26)/t15-/m0/s1. The Hall–Kier alpha value is -3.22. The average molecular weight is 400 g/mol. The van der Waals surface area contributed by atoms with Gasteiger partial charge in [-0.2, -0.15) is 0 Å². The van der Waals surface area contributed by atoms with Crippen molar-refractivity contribution in [1.82, 2.24) is 10.2 Å². The lowest BCUT2D eigenvalue weighted by atomic mass is 10.1. The molecular formula is C22H28N2O5. The van der Waals surface area contributed by atoms with Crippen molar-refractivity contribution < 1.29 is 23.8 Å². The summed E-state index contributed by atoms with van der Waals surface area (Å²) in [5.41, 5.74) is 1.68. The van der Waals surface area contributed by atoms with Crippen molar-refractivity contribution >= 4 is 11.8 Å². The minimum Gasteiger partial charge on any atom is -0.497 e. The molecule has 2 aromatic carbocycles. The van der Waals surface area contributed by atoms with Gasteiger partial charge in [0.2, 0.25) is 11.8 Å². The summed E-state index contributed by atoms with van der Waals surface area (Å²) in [5.74, 6) is 1.50. The van der Waals surface area contributed by atoms with E-state index in [1.54, 1.807) is 52.3 Å². The first-order valence-corrected chi connectivity index (χ1v) is 9.28. The van der Waals surface area contributed by atoms with Gasteiger partial charge in [-0.15, -0.1) is 0 Å². The summed E-state index contributed by atoms with van der Waals surface area (Å²) in [4.78, 5) is 26.9. The second kappa shape index (κ2) is 10.4. The predicted molar refractivity (Wildman–Crippen MR) is 110 cm³/mol. The van der Waals surface area contributed by atoms with Crippen LogP contribution in [0.1, 0.15) is 18.1 Å². The summed E-state index contributed by atoms with van der Waals surface area (Å²) in [6.45, 7) is 2.03. The Kier molecular flexibility index (Phi) is 7.88. The third kappa shape index (κ3) is 5.63. The molecule has 0 radical (unpaired) electrons. The highest BCUT2D eigenvalue weighted by atomic mass is 16.5. The van der Waals surface area contributed by atoms with E-state index >= 15 is 0 Å². The van der Waals surface area contributed by atoms with Crippen LogP contribution in [0.2, 0.25) is 0 Å². The van der Waals surface area contributed by atoms with E-state index < -0.39 is 6.04 Å². The SMILES string of the molecule is CNC(=O)[C@H](C)N(Cc1ccc(OC)cc1)C(=O)Cc1ccc(OC)c(OC)c1. The first kappa shape index (κ1) is 22.1. The van der Waals surface area contributed by atoms with Crippen molar-refractivity contribution in [2.45, 2.75) is 25.9 Å². The van der Waals surface area contributed by atoms with Gasteiger partial charge >= 0.3 is 0 Å². The van der Waals surface area contributed by atoms with E-state index in [4.69, 9.17) is 14.2 Å². The summed E-state index contributed by atoms with van der Waals surface area (Å²) >= 11 is 0. The van der Waals surface area contributed by atoms with Gasteiger partial charge in [-0.3, -0.25) is 9.59 Å². The van der Waals surface area contributed by atoms with Crippen LogP contribution in [0.3, 0.4) is 0 Å². The summed E-state index contributed by atoms with van der Waals surface area (Å²) in [6.07, 6.45) is 0.137. The number of hydrogen-bond acceptors (Lipinski definition) is 5. The molecule has 7 nitrogen and oxygen atoms in total. The summed E-state index contributed by atoms with van der Waals surface area (Å²) in [6, 6.07) is 12.2. The van der Waals surface area contributed by atoms with Crippen molar-refractivity contribution in [2.24, 2.45) is 0 Å². The van der Waals surface area contributed by atoms with Crippen molar-refractivity contribution in [3.63, 3.8) is 0 Å². The number of carbonyl (C=O) groups excluding carboxylic acids is 2. The fraction of sp³-hybridized carbons (Fsp3) is 0.364. The van der Waals surface area contributed by atoms with Gasteiger partial charge in [0, 0.05) is 13.6 Å². The van der Waals surface area contributed by atoms with Crippen LogP contribution >= 0.6 is 0 Å². The van der Waals surface area contributed by atoms with Gasteiger partial charge in [0.25, 0.3) is 0 Å². The molecule has 2 amide bonds. The molecular weight excluding hydrogens is 372 g/mol. The maximum absolute atomic E-state index is 13.1. The van der Waals surface area contributed by atoms with E-state index in [9.17, 15) is 9.59 Å². The van der Waals surface area contributed by atoms with Gasteiger partial charge in [-0.05, 0) is 42.3 Å². The number of carbonyl (C=O) groups is 2. The minimum absolute atomic E-state index is 0.137. The summed E-state index contributed by atoms with van der Waals surface area (Å²) < 4.78 is 15.7. The molecule has 0 aromatic heterocycles. The highest BCUT2D eigenvalue weighted by Crippen LogP contribution is 2.28. The smallest absolute Gasteiger partial charge is 0.242 e. The van der Waals surface area contributed by atoms with Gasteiger partial charge in [-0.25, -0.2) is 0 Å². The molecule has 0 aliphatic rings. The second-order valence-corrected chi connectivity index (χ2v) is 6.53. The lowest BCUT2D eigenvalue weighted by molar-refractivity contribution is -0.139. The van der Waals surface area contributed by atoms with Crippen LogP contribution in [-0.4, -0.2) is 51.1 Å². The van der Waals surface area contributed by atoms with Crippen molar-refractivity contribution in [1.29, 1.82) is 0 Å². The second-order valence-electron chi connectivity index (χ2n) is 6.53. The molecule has 156 valence electrons. The Morgan fingerprint density at radius 3 is 2.10 bits per heavy atom. The fourth-order valence-electron chi connectivity index (χ4n) is 2.99. The largest absolute Gasteiger partial charge is 0.497 e. The Balaban J connectivity index is 2.24. The molecule has 2 rings (SSSR count). The molecule has 0 saturated carbocycles. The molecule has 0 aliphatic heterocycles. The molecule has 0 heterocycles. The van der Waals surface area contributed by atoms with Crippen molar-refractivity contribution in [3.8, 4) is 17.2 Å². The zero-order valence-corrected chi connectivity index (χ0v) is 17.5.